The third-order valence-electron chi connectivity index (χ3n) is 10.7. The fourth-order valence-corrected chi connectivity index (χ4v) is 9.31. The maximum absolute atomic E-state index is 16.9. The van der Waals surface area contributed by atoms with Gasteiger partial charge in [-0.3, -0.25) is 20.3 Å². The quantitative estimate of drug-likeness (QED) is 0.299. The van der Waals surface area contributed by atoms with E-state index in [4.69, 9.17) is 16.3 Å². The van der Waals surface area contributed by atoms with Crippen LogP contribution in [-0.4, -0.2) is 115 Å². The van der Waals surface area contributed by atoms with Gasteiger partial charge in [0.15, 0.2) is 6.35 Å². The van der Waals surface area contributed by atoms with E-state index >= 15 is 4.39 Å². The van der Waals surface area contributed by atoms with Crippen LogP contribution in [0.1, 0.15) is 64.7 Å². The number of ether oxygens (including phenoxy) is 1. The number of aliphatic hydroxyl groups is 1. The second kappa shape index (κ2) is 13.8. The van der Waals surface area contributed by atoms with Crippen molar-refractivity contribution in [3.63, 3.8) is 0 Å². The third-order valence-corrected chi connectivity index (χ3v) is 11.2. The van der Waals surface area contributed by atoms with Gasteiger partial charge >= 0.3 is 0 Å². The molecule has 11 atom stereocenters. The number of amides is 1. The summed E-state index contributed by atoms with van der Waals surface area (Å²) in [5, 5.41) is 17.7. The van der Waals surface area contributed by atoms with Crippen LogP contribution in [0.5, 0.6) is 0 Å². The average molecular weight is 586 g/mol. The molecule has 0 aromatic heterocycles. The molecule has 5 aliphatic rings. The van der Waals surface area contributed by atoms with Crippen molar-refractivity contribution in [2.45, 2.75) is 101 Å². The van der Waals surface area contributed by atoms with Crippen LogP contribution in [-0.2, 0) is 9.53 Å². The molecule has 2 aliphatic heterocycles. The summed E-state index contributed by atoms with van der Waals surface area (Å²) in [5.41, 5.74) is 0. The molecule has 11 unspecified atom stereocenters. The Kier molecular flexibility index (Phi) is 10.7. The summed E-state index contributed by atoms with van der Waals surface area (Å²) in [7, 11) is 4.11. The lowest BCUT2D eigenvalue weighted by Gasteiger charge is -2.56. The number of aliphatic hydroxyl groups excluding tert-OH is 1. The molecule has 10 heteroatoms. The molecule has 8 nitrogen and oxygen atoms in total. The van der Waals surface area contributed by atoms with Crippen LogP contribution in [0, 0.1) is 29.6 Å². The van der Waals surface area contributed by atoms with Crippen molar-refractivity contribution in [2.24, 2.45) is 29.6 Å². The van der Waals surface area contributed by atoms with Gasteiger partial charge < -0.3 is 19.6 Å². The van der Waals surface area contributed by atoms with Crippen molar-refractivity contribution in [1.29, 1.82) is 0 Å². The van der Waals surface area contributed by atoms with Gasteiger partial charge in [-0.2, -0.15) is 0 Å². The van der Waals surface area contributed by atoms with Crippen molar-refractivity contribution in [1.82, 2.24) is 25.3 Å². The fraction of sp³-hybridized carbons (Fsp3) is 0.967. The molecule has 0 bridgehead atoms. The molecular formula is C30H53ClFN5O3. The number of halogens is 2. The topological polar surface area (TPSA) is 80.3 Å². The largest absolute Gasteiger partial charge is 0.393 e. The number of carbonyl (C=O) groups is 1. The number of nitrogens with zero attached hydrogens (tertiary/aromatic N) is 3. The lowest BCUT2D eigenvalue weighted by molar-refractivity contribution is -0.139. The van der Waals surface area contributed by atoms with E-state index in [0.717, 1.165) is 51.7 Å². The van der Waals surface area contributed by atoms with E-state index in [2.05, 4.69) is 34.5 Å². The number of nitrogens with one attached hydrogen (secondary N) is 2. The molecule has 1 amide bonds. The van der Waals surface area contributed by atoms with E-state index in [1.54, 1.807) is 0 Å². The minimum absolute atomic E-state index is 0.000492. The molecule has 2 saturated heterocycles. The highest BCUT2D eigenvalue weighted by molar-refractivity contribution is 6.21. The Morgan fingerprint density at radius 2 is 1.80 bits per heavy atom. The van der Waals surface area contributed by atoms with E-state index in [0.29, 0.717) is 44.4 Å². The monoisotopic (exact) mass is 585 g/mol. The van der Waals surface area contributed by atoms with Crippen LogP contribution in [0.15, 0.2) is 0 Å². The number of piperazine rings is 1. The second-order valence-corrected chi connectivity index (χ2v) is 14.0. The molecule has 40 heavy (non-hydrogen) atoms. The number of carbonyl (C=O) groups excluding carboxylic acids is 1. The molecule has 3 N–H and O–H groups in total. The van der Waals surface area contributed by atoms with Crippen LogP contribution in [0.2, 0.25) is 0 Å². The summed E-state index contributed by atoms with van der Waals surface area (Å²) in [5.74, 6) is 1.03. The Morgan fingerprint density at radius 1 is 1.05 bits per heavy atom. The molecule has 0 aromatic carbocycles. The van der Waals surface area contributed by atoms with Crippen molar-refractivity contribution in [3.05, 3.63) is 0 Å². The van der Waals surface area contributed by atoms with Gasteiger partial charge in [0.1, 0.15) is 6.17 Å². The molecule has 230 valence electrons. The van der Waals surface area contributed by atoms with E-state index in [1.165, 1.54) is 12.8 Å². The Hall–Kier alpha value is -0.550. The van der Waals surface area contributed by atoms with E-state index in [-0.39, 0.29) is 47.3 Å². The van der Waals surface area contributed by atoms with E-state index in [1.807, 2.05) is 11.8 Å². The molecule has 0 aromatic rings. The zero-order chi connectivity index (χ0) is 28.4. The van der Waals surface area contributed by atoms with Crippen LogP contribution >= 0.6 is 11.6 Å². The van der Waals surface area contributed by atoms with Crippen molar-refractivity contribution >= 4 is 17.5 Å². The lowest BCUT2D eigenvalue weighted by Crippen LogP contribution is -2.74. The third kappa shape index (κ3) is 6.81. The van der Waals surface area contributed by atoms with Gasteiger partial charge in [0.2, 0.25) is 5.91 Å². The van der Waals surface area contributed by atoms with Gasteiger partial charge in [0, 0.05) is 55.9 Å². The fourth-order valence-electron chi connectivity index (χ4n) is 8.78. The van der Waals surface area contributed by atoms with Gasteiger partial charge in [-0.1, -0.05) is 26.2 Å². The molecule has 3 aliphatic carbocycles. The first kappa shape index (κ1) is 30.9. The Morgan fingerprint density at radius 3 is 2.52 bits per heavy atom. The summed E-state index contributed by atoms with van der Waals surface area (Å²) in [6.45, 7) is 6.33. The highest BCUT2D eigenvalue weighted by Gasteiger charge is 2.56. The van der Waals surface area contributed by atoms with Crippen LogP contribution in [0.25, 0.3) is 0 Å². The molecule has 3 saturated carbocycles. The lowest BCUT2D eigenvalue weighted by atomic mass is 9.57. The average Bonchev–Trinajstić information content (AvgIpc) is 2.94. The number of rotatable bonds is 8. The summed E-state index contributed by atoms with van der Waals surface area (Å²) in [4.78, 5) is 18.8. The maximum Gasteiger partial charge on any atom is 0.222 e. The van der Waals surface area contributed by atoms with Crippen LogP contribution in [0.3, 0.4) is 0 Å². The first-order valence-corrected chi connectivity index (χ1v) is 16.5. The minimum Gasteiger partial charge on any atom is -0.393 e. The smallest absolute Gasteiger partial charge is 0.222 e. The van der Waals surface area contributed by atoms with E-state index < -0.39 is 12.5 Å². The summed E-state index contributed by atoms with van der Waals surface area (Å²) in [6, 6.07) is -0.360. The van der Waals surface area contributed by atoms with Crippen LogP contribution < -0.4 is 10.6 Å². The maximum atomic E-state index is 16.9. The Balaban J connectivity index is 1.33. The van der Waals surface area contributed by atoms with Gasteiger partial charge in [0.05, 0.1) is 18.9 Å². The highest BCUT2D eigenvalue weighted by atomic mass is 35.5. The molecule has 0 radical (unpaired) electrons. The minimum atomic E-state index is -1.10. The number of hydrogen-bond acceptors (Lipinski definition) is 7. The predicted molar refractivity (Wildman–Crippen MR) is 156 cm³/mol. The first-order chi connectivity index (χ1) is 19.3. The van der Waals surface area contributed by atoms with Gasteiger partial charge in [-0.05, 0) is 70.5 Å². The zero-order valence-electron chi connectivity index (χ0n) is 24.8. The molecule has 5 fully saturated rings. The molecular weight excluding hydrogens is 533 g/mol. The standard InChI is InChI=1S/C30H53ClFN5O3/c1-4-25(39)36-11-13-37(14-12-36)29-23-18-24(31)26(22-17-20(38)16-19-8-5-6-9-21(19)22)27(32)28(23)33-30(34-29)40-15-7-10-35(2)3/h19-24,26-30,33-34,38H,4-18H2,1-3H3. The molecule has 2 heterocycles. The molecule has 5 rings (SSSR count). The van der Waals surface area contributed by atoms with Gasteiger partial charge in [-0.15, -0.1) is 11.6 Å². The van der Waals surface area contributed by atoms with Crippen molar-refractivity contribution in [3.8, 4) is 0 Å². The van der Waals surface area contributed by atoms with Gasteiger partial charge in [-0.25, -0.2) is 4.39 Å². The molecule has 0 spiro atoms. The van der Waals surface area contributed by atoms with Crippen molar-refractivity contribution < 1.29 is 19.0 Å². The van der Waals surface area contributed by atoms with Crippen molar-refractivity contribution in [2.75, 3.05) is 53.4 Å². The Labute approximate surface area is 245 Å². The SMILES string of the molecule is CCC(=O)N1CCN(C2NC(OCCCN(C)C)NC3C(F)C(C4CC(O)CC5CCCCC54)C(Cl)CC32)CC1. The normalized spacial score (nSPS) is 42.9. The summed E-state index contributed by atoms with van der Waals surface area (Å²) in [6.07, 6.45) is 6.46. The predicted octanol–water partition coefficient (Wildman–Crippen LogP) is 2.84. The first-order valence-electron chi connectivity index (χ1n) is 16.0. The number of alkyl halides is 2. The zero-order valence-corrected chi connectivity index (χ0v) is 25.6. The number of hydrogen-bond donors (Lipinski definition) is 3. The summed E-state index contributed by atoms with van der Waals surface area (Å²) < 4.78 is 23.2. The van der Waals surface area contributed by atoms with Gasteiger partial charge in [0.25, 0.3) is 0 Å². The second-order valence-electron chi connectivity index (χ2n) is 13.4. The highest BCUT2D eigenvalue weighted by Crippen LogP contribution is 2.52. The van der Waals surface area contributed by atoms with E-state index in [9.17, 15) is 9.90 Å². The van der Waals surface area contributed by atoms with Crippen LogP contribution in [0.4, 0.5) is 4.39 Å². The number of fused-ring (bicyclic) bond motifs is 2. The Bertz CT molecular complexity index is 833. The summed E-state index contributed by atoms with van der Waals surface area (Å²) >= 11 is 7.18.